The van der Waals surface area contributed by atoms with E-state index in [-0.39, 0.29) is 16.9 Å². The number of amides is 1. The highest BCUT2D eigenvalue weighted by molar-refractivity contribution is 7.90. The molecule has 1 aromatic rings. The maximum atomic E-state index is 13.4. The molecule has 11 heteroatoms. The van der Waals surface area contributed by atoms with Crippen LogP contribution in [0.1, 0.15) is 82.6 Å². The third-order valence-corrected chi connectivity index (χ3v) is 8.29. The molecule has 0 fully saturated rings. The van der Waals surface area contributed by atoms with Crippen molar-refractivity contribution in [3.63, 3.8) is 0 Å². The number of nitrogens with zero attached hydrogens (tertiary/aromatic N) is 1. The molecular formula is C29H49N5O5S. The van der Waals surface area contributed by atoms with Gasteiger partial charge in [0.05, 0.1) is 4.90 Å². The van der Waals surface area contributed by atoms with Gasteiger partial charge in [0.25, 0.3) is 10.0 Å². The monoisotopic (exact) mass is 579 g/mol. The smallest absolute Gasteiger partial charge is 0.407 e. The Hall–Kier alpha value is -2.79. The summed E-state index contributed by atoms with van der Waals surface area (Å²) in [5.41, 5.74) is 8.04. The quantitative estimate of drug-likeness (QED) is 0.119. The Kier molecular flexibility index (Phi) is 11.5. The fraction of sp³-hybridized carbons (Fsp3) is 0.655. The first kappa shape index (κ1) is 33.4. The molecule has 0 aromatic heterocycles. The lowest BCUT2D eigenvalue weighted by Crippen LogP contribution is -2.44. The normalized spacial score (nSPS) is 15.7. The molecule has 5 N–H and O–H groups in total. The zero-order valence-corrected chi connectivity index (χ0v) is 26.3. The number of nitrogens with one attached hydrogen (secondary N) is 3. The van der Waals surface area contributed by atoms with Crippen LogP contribution in [0.25, 0.3) is 0 Å². The average molecular weight is 580 g/mol. The molecule has 0 bridgehead atoms. The van der Waals surface area contributed by atoms with Gasteiger partial charge in [-0.1, -0.05) is 6.08 Å². The van der Waals surface area contributed by atoms with E-state index in [1.165, 1.54) is 0 Å². The number of hydrogen-bond acceptors (Lipinski definition) is 7. The summed E-state index contributed by atoms with van der Waals surface area (Å²) in [6.45, 7) is 20.3. The van der Waals surface area contributed by atoms with Crippen LogP contribution in [0.4, 0.5) is 4.79 Å². The van der Waals surface area contributed by atoms with Gasteiger partial charge < -0.3 is 25.8 Å². The van der Waals surface area contributed by atoms with Crippen molar-refractivity contribution >= 4 is 22.1 Å². The third kappa shape index (κ3) is 9.69. The Morgan fingerprint density at radius 1 is 1.20 bits per heavy atom. The number of nitrogens with two attached hydrogens (primary N) is 1. The van der Waals surface area contributed by atoms with Crippen LogP contribution in [0, 0.1) is 20.8 Å². The Labute approximate surface area is 240 Å². The van der Waals surface area contributed by atoms with E-state index in [2.05, 4.69) is 26.9 Å². The van der Waals surface area contributed by atoms with Crippen LogP contribution < -0.4 is 25.8 Å². The van der Waals surface area contributed by atoms with Gasteiger partial charge in [-0.15, -0.1) is 6.58 Å². The molecule has 1 aliphatic rings. The number of carbonyl (C=O) groups excluding carboxylic acids is 1. The SMILES string of the molecule is C=CCCCNC[C@H](CCCN=C(N)NS(=O)(=O)c1c(C)c(C)c2c(c1C)CC(C)(C)O2)NC(=O)OC(C)(C)C. The van der Waals surface area contributed by atoms with E-state index < -0.39 is 27.3 Å². The zero-order chi connectivity index (χ0) is 30.3. The zero-order valence-electron chi connectivity index (χ0n) is 25.5. The number of aliphatic imine (C=N–C) groups is 1. The van der Waals surface area contributed by atoms with Crippen LogP contribution in [0.5, 0.6) is 5.75 Å². The lowest BCUT2D eigenvalue weighted by atomic mass is 9.94. The number of allylic oxidation sites excluding steroid dienone is 1. The molecule has 0 saturated carbocycles. The maximum absolute atomic E-state index is 13.4. The summed E-state index contributed by atoms with van der Waals surface area (Å²) >= 11 is 0. The second-order valence-corrected chi connectivity index (χ2v) is 13.7. The molecule has 10 nitrogen and oxygen atoms in total. The first-order chi connectivity index (χ1) is 18.5. The molecule has 1 amide bonds. The van der Waals surface area contributed by atoms with Crippen LogP contribution >= 0.6 is 0 Å². The van der Waals surface area contributed by atoms with Crippen molar-refractivity contribution in [2.45, 2.75) is 110 Å². The molecule has 0 radical (unpaired) electrons. The Morgan fingerprint density at radius 3 is 2.50 bits per heavy atom. The van der Waals surface area contributed by atoms with E-state index in [0.29, 0.717) is 43.5 Å². The summed E-state index contributed by atoms with van der Waals surface area (Å²) in [6, 6.07) is -0.183. The number of guanidine groups is 1. The molecule has 1 atom stereocenters. The fourth-order valence-corrected chi connectivity index (χ4v) is 6.28. The van der Waals surface area contributed by atoms with Gasteiger partial charge in [-0.05, 0) is 104 Å². The van der Waals surface area contributed by atoms with Crippen LogP contribution in [0.15, 0.2) is 22.5 Å². The second kappa shape index (κ2) is 13.7. The molecule has 0 aliphatic carbocycles. The summed E-state index contributed by atoms with van der Waals surface area (Å²) in [7, 11) is -3.96. The van der Waals surface area contributed by atoms with Crippen molar-refractivity contribution in [2.24, 2.45) is 10.7 Å². The summed E-state index contributed by atoms with van der Waals surface area (Å²) in [4.78, 5) is 16.8. The number of ether oxygens (including phenoxy) is 2. The minimum Gasteiger partial charge on any atom is -0.487 e. The van der Waals surface area contributed by atoms with Crippen LogP contribution in [0.3, 0.4) is 0 Å². The summed E-state index contributed by atoms with van der Waals surface area (Å²) in [5.74, 6) is 0.595. The molecule has 2 rings (SSSR count). The van der Waals surface area contributed by atoms with Crippen molar-refractivity contribution in [2.75, 3.05) is 19.6 Å². The Morgan fingerprint density at radius 2 is 1.88 bits per heavy atom. The maximum Gasteiger partial charge on any atom is 0.407 e. The number of alkyl carbamates (subject to hydrolysis) is 1. The lowest BCUT2D eigenvalue weighted by molar-refractivity contribution is 0.0501. The minimum atomic E-state index is -3.96. The van der Waals surface area contributed by atoms with Crippen LogP contribution in [-0.2, 0) is 21.2 Å². The molecule has 1 heterocycles. The molecule has 0 saturated heterocycles. The summed E-state index contributed by atoms with van der Waals surface area (Å²) in [5, 5.41) is 6.26. The van der Waals surface area contributed by atoms with Crippen molar-refractivity contribution in [1.29, 1.82) is 0 Å². The summed E-state index contributed by atoms with van der Waals surface area (Å²) < 4.78 is 40.7. The van der Waals surface area contributed by atoms with Crippen LogP contribution in [0.2, 0.25) is 0 Å². The number of unbranched alkanes of at least 4 members (excludes halogenated alkanes) is 1. The van der Waals surface area contributed by atoms with E-state index in [4.69, 9.17) is 15.2 Å². The summed E-state index contributed by atoms with van der Waals surface area (Å²) in [6.07, 6.45) is 5.08. The van der Waals surface area contributed by atoms with Gasteiger partial charge >= 0.3 is 6.09 Å². The standard InChI is InChI=1S/C29H49N5O5S/c1-10-11-12-15-31-18-22(33-27(35)39-28(5,6)7)14-13-16-32-26(30)34-40(36,37)25-20(3)19(2)24-23(21(25)4)17-29(8,9)38-24/h10,22,31H,1,11-18H2,2-9H3,(H,33,35)(H3,30,32,34)/t22-/m0/s1. The molecule has 1 aromatic carbocycles. The molecule has 40 heavy (non-hydrogen) atoms. The van der Waals surface area contributed by atoms with Gasteiger partial charge in [-0.2, -0.15) is 0 Å². The predicted molar refractivity (Wildman–Crippen MR) is 161 cm³/mol. The predicted octanol–water partition coefficient (Wildman–Crippen LogP) is 4.15. The number of carbonyl (C=O) groups is 1. The topological polar surface area (TPSA) is 144 Å². The average Bonchev–Trinajstić information content (AvgIpc) is 3.14. The fourth-order valence-electron chi connectivity index (χ4n) is 4.75. The number of sulfonamides is 1. The second-order valence-electron chi connectivity index (χ2n) is 12.0. The van der Waals surface area contributed by atoms with E-state index in [9.17, 15) is 13.2 Å². The van der Waals surface area contributed by atoms with Gasteiger partial charge in [0, 0.05) is 31.1 Å². The Balaban J connectivity index is 2.04. The van der Waals surface area contributed by atoms with E-state index in [1.54, 1.807) is 13.8 Å². The van der Waals surface area contributed by atoms with Gasteiger partial charge in [0.1, 0.15) is 17.0 Å². The number of hydrogen-bond donors (Lipinski definition) is 4. The van der Waals surface area contributed by atoms with Gasteiger partial charge in [0.15, 0.2) is 0 Å². The van der Waals surface area contributed by atoms with E-state index in [0.717, 1.165) is 36.3 Å². The highest BCUT2D eigenvalue weighted by Gasteiger charge is 2.36. The Bertz CT molecular complexity index is 1200. The van der Waals surface area contributed by atoms with Crippen molar-refractivity contribution in [1.82, 2.24) is 15.4 Å². The van der Waals surface area contributed by atoms with Crippen molar-refractivity contribution < 1.29 is 22.7 Å². The first-order valence-electron chi connectivity index (χ1n) is 13.9. The third-order valence-electron chi connectivity index (χ3n) is 6.67. The highest BCUT2D eigenvalue weighted by Crippen LogP contribution is 2.43. The number of benzene rings is 1. The van der Waals surface area contributed by atoms with Gasteiger partial charge in [0.2, 0.25) is 5.96 Å². The lowest BCUT2D eigenvalue weighted by Gasteiger charge is -2.24. The minimum absolute atomic E-state index is 0.173. The van der Waals surface area contributed by atoms with Crippen molar-refractivity contribution in [3.8, 4) is 5.75 Å². The van der Waals surface area contributed by atoms with Crippen molar-refractivity contribution in [3.05, 3.63) is 34.9 Å². The molecular weight excluding hydrogens is 530 g/mol. The molecule has 226 valence electrons. The molecule has 1 aliphatic heterocycles. The largest absolute Gasteiger partial charge is 0.487 e. The highest BCUT2D eigenvalue weighted by atomic mass is 32.2. The molecule has 0 unspecified atom stereocenters. The first-order valence-corrected chi connectivity index (χ1v) is 15.4. The van der Waals surface area contributed by atoms with E-state index >= 15 is 0 Å². The van der Waals surface area contributed by atoms with E-state index in [1.807, 2.05) is 47.6 Å². The number of fused-ring (bicyclic) bond motifs is 1. The van der Waals surface area contributed by atoms with Gasteiger partial charge in [-0.3, -0.25) is 4.99 Å². The van der Waals surface area contributed by atoms with Crippen LogP contribution in [-0.4, -0.2) is 57.3 Å². The van der Waals surface area contributed by atoms with Gasteiger partial charge in [-0.25, -0.2) is 17.9 Å². The number of rotatable bonds is 13. The molecule has 0 spiro atoms.